The lowest BCUT2D eigenvalue weighted by Gasteiger charge is -2.11. The summed E-state index contributed by atoms with van der Waals surface area (Å²) in [7, 11) is 4.85. The van der Waals surface area contributed by atoms with Gasteiger partial charge in [0.2, 0.25) is 5.82 Å². The van der Waals surface area contributed by atoms with Gasteiger partial charge in [0.25, 0.3) is 0 Å². The van der Waals surface area contributed by atoms with Crippen molar-refractivity contribution in [3.05, 3.63) is 29.6 Å². The topological polar surface area (TPSA) is 94.3 Å². The number of aryl methyl sites for hydroxylation is 1. The molecule has 0 saturated carbocycles. The standard InChI is InChI=1S/C13H19N5O3/c1-18-16-13(15-17-18)10(19)8-14-7-9-4-5-11(20-2)12(6-9)21-3/h4-6,10,14,19H,7-8H2,1-3H3/t10-/m0/s1. The third kappa shape index (κ3) is 3.89. The second-order valence-electron chi connectivity index (χ2n) is 4.47. The number of methoxy groups -OCH3 is 2. The second kappa shape index (κ2) is 7.00. The minimum atomic E-state index is -0.793. The molecule has 0 aliphatic carbocycles. The number of hydrogen-bond acceptors (Lipinski definition) is 7. The quantitative estimate of drug-likeness (QED) is 0.745. The summed E-state index contributed by atoms with van der Waals surface area (Å²) in [5.41, 5.74) is 1.02. The van der Waals surface area contributed by atoms with Crippen molar-refractivity contribution in [3.63, 3.8) is 0 Å². The molecule has 2 aromatic rings. The zero-order valence-corrected chi connectivity index (χ0v) is 12.3. The maximum absolute atomic E-state index is 9.91. The summed E-state index contributed by atoms with van der Waals surface area (Å²) < 4.78 is 10.4. The van der Waals surface area contributed by atoms with E-state index in [0.29, 0.717) is 30.4 Å². The van der Waals surface area contributed by atoms with Crippen LogP contribution in [0.1, 0.15) is 17.5 Å². The fourth-order valence-electron chi connectivity index (χ4n) is 1.87. The summed E-state index contributed by atoms with van der Waals surface area (Å²) >= 11 is 0. The number of ether oxygens (including phenoxy) is 2. The van der Waals surface area contributed by atoms with Gasteiger partial charge in [0.05, 0.1) is 21.3 Å². The maximum atomic E-state index is 9.91. The van der Waals surface area contributed by atoms with Crippen LogP contribution in [0.5, 0.6) is 11.5 Å². The van der Waals surface area contributed by atoms with Gasteiger partial charge in [-0.25, -0.2) is 0 Å². The molecule has 8 nitrogen and oxygen atoms in total. The number of tetrazole rings is 1. The van der Waals surface area contributed by atoms with Gasteiger partial charge >= 0.3 is 0 Å². The molecule has 8 heteroatoms. The average Bonchev–Trinajstić information content (AvgIpc) is 2.93. The van der Waals surface area contributed by atoms with Gasteiger partial charge in [-0.2, -0.15) is 4.80 Å². The molecule has 1 aromatic heterocycles. The highest BCUT2D eigenvalue weighted by atomic mass is 16.5. The lowest BCUT2D eigenvalue weighted by molar-refractivity contribution is 0.164. The van der Waals surface area contributed by atoms with E-state index in [-0.39, 0.29) is 0 Å². The van der Waals surface area contributed by atoms with Gasteiger partial charge in [-0.3, -0.25) is 0 Å². The molecule has 0 radical (unpaired) electrons. The molecule has 1 atom stereocenters. The zero-order chi connectivity index (χ0) is 15.2. The third-order valence-corrected chi connectivity index (χ3v) is 2.94. The van der Waals surface area contributed by atoms with Crippen LogP contribution in [-0.4, -0.2) is 46.1 Å². The Morgan fingerprint density at radius 2 is 2.05 bits per heavy atom. The van der Waals surface area contributed by atoms with Crippen LogP contribution in [0.25, 0.3) is 0 Å². The minimum absolute atomic E-state index is 0.303. The normalized spacial score (nSPS) is 12.2. The van der Waals surface area contributed by atoms with Crippen LogP contribution >= 0.6 is 0 Å². The first-order chi connectivity index (χ1) is 10.1. The SMILES string of the molecule is COc1ccc(CNC[C@H](O)c2nnn(C)n2)cc1OC. The van der Waals surface area contributed by atoms with Crippen LogP contribution in [0.15, 0.2) is 18.2 Å². The Balaban J connectivity index is 1.88. The predicted octanol–water partition coefficient (Wildman–Crippen LogP) is 0.0505. The Labute approximate surface area is 122 Å². The monoisotopic (exact) mass is 293 g/mol. The molecule has 21 heavy (non-hydrogen) atoms. The molecule has 0 aliphatic rings. The van der Waals surface area contributed by atoms with Crippen LogP contribution in [0.4, 0.5) is 0 Å². The molecule has 0 bridgehead atoms. The van der Waals surface area contributed by atoms with Gasteiger partial charge in [-0.15, -0.1) is 10.2 Å². The van der Waals surface area contributed by atoms with Gasteiger partial charge in [0, 0.05) is 13.1 Å². The fraction of sp³-hybridized carbons (Fsp3) is 0.462. The molecule has 2 N–H and O–H groups in total. The highest BCUT2D eigenvalue weighted by Crippen LogP contribution is 2.27. The Kier molecular flexibility index (Phi) is 5.07. The van der Waals surface area contributed by atoms with E-state index >= 15 is 0 Å². The Morgan fingerprint density at radius 3 is 2.67 bits per heavy atom. The molecule has 1 aromatic carbocycles. The number of hydrogen-bond donors (Lipinski definition) is 2. The first-order valence-corrected chi connectivity index (χ1v) is 6.47. The van der Waals surface area contributed by atoms with E-state index in [4.69, 9.17) is 9.47 Å². The molecular formula is C13H19N5O3. The van der Waals surface area contributed by atoms with Crippen molar-refractivity contribution < 1.29 is 14.6 Å². The van der Waals surface area contributed by atoms with Crippen LogP contribution in [0, 0.1) is 0 Å². The smallest absolute Gasteiger partial charge is 0.204 e. The van der Waals surface area contributed by atoms with E-state index in [2.05, 4.69) is 20.7 Å². The van der Waals surface area contributed by atoms with Crippen molar-refractivity contribution in [1.29, 1.82) is 0 Å². The van der Waals surface area contributed by atoms with Crippen LogP contribution < -0.4 is 14.8 Å². The fourth-order valence-corrected chi connectivity index (χ4v) is 1.87. The molecule has 0 unspecified atom stereocenters. The Hall–Kier alpha value is -2.19. The first-order valence-electron chi connectivity index (χ1n) is 6.47. The zero-order valence-electron chi connectivity index (χ0n) is 12.3. The van der Waals surface area contributed by atoms with Gasteiger partial charge in [0.15, 0.2) is 11.5 Å². The summed E-state index contributed by atoms with van der Waals surface area (Å²) in [4.78, 5) is 1.31. The average molecular weight is 293 g/mol. The van der Waals surface area contributed by atoms with Crippen LogP contribution in [-0.2, 0) is 13.6 Å². The van der Waals surface area contributed by atoms with Gasteiger partial charge < -0.3 is 19.9 Å². The number of aromatic nitrogens is 4. The molecule has 0 fully saturated rings. The maximum Gasteiger partial charge on any atom is 0.204 e. The highest BCUT2D eigenvalue weighted by Gasteiger charge is 2.13. The molecule has 0 saturated heterocycles. The van der Waals surface area contributed by atoms with E-state index in [0.717, 1.165) is 5.56 Å². The van der Waals surface area contributed by atoms with Gasteiger partial charge in [0.1, 0.15) is 6.10 Å². The number of aliphatic hydroxyl groups is 1. The van der Waals surface area contributed by atoms with Crippen molar-refractivity contribution in [2.45, 2.75) is 12.6 Å². The summed E-state index contributed by atoms with van der Waals surface area (Å²) in [6, 6.07) is 5.66. The van der Waals surface area contributed by atoms with Crippen LogP contribution in [0.2, 0.25) is 0 Å². The van der Waals surface area contributed by atoms with Crippen molar-refractivity contribution in [1.82, 2.24) is 25.5 Å². The van der Waals surface area contributed by atoms with E-state index in [1.165, 1.54) is 4.80 Å². The lowest BCUT2D eigenvalue weighted by Crippen LogP contribution is -2.22. The molecule has 114 valence electrons. The van der Waals surface area contributed by atoms with E-state index < -0.39 is 6.10 Å². The number of rotatable bonds is 7. The molecule has 1 heterocycles. The third-order valence-electron chi connectivity index (χ3n) is 2.94. The van der Waals surface area contributed by atoms with E-state index in [9.17, 15) is 5.11 Å². The van der Waals surface area contributed by atoms with Crippen molar-refractivity contribution in [2.75, 3.05) is 20.8 Å². The van der Waals surface area contributed by atoms with Gasteiger partial charge in [-0.1, -0.05) is 6.07 Å². The largest absolute Gasteiger partial charge is 0.493 e. The summed E-state index contributed by atoms with van der Waals surface area (Å²) in [5, 5.41) is 24.4. The molecule has 2 rings (SSSR count). The molecule has 0 amide bonds. The van der Waals surface area contributed by atoms with Gasteiger partial charge in [-0.05, 0) is 22.9 Å². The second-order valence-corrected chi connectivity index (χ2v) is 4.47. The van der Waals surface area contributed by atoms with E-state index in [1.807, 2.05) is 18.2 Å². The highest BCUT2D eigenvalue weighted by molar-refractivity contribution is 5.42. The number of benzene rings is 1. The van der Waals surface area contributed by atoms with Crippen molar-refractivity contribution in [2.24, 2.45) is 7.05 Å². The first kappa shape index (κ1) is 15.2. The molecule has 0 spiro atoms. The van der Waals surface area contributed by atoms with Crippen LogP contribution in [0.3, 0.4) is 0 Å². The molecule has 0 aliphatic heterocycles. The predicted molar refractivity (Wildman–Crippen MR) is 75.0 cm³/mol. The summed E-state index contributed by atoms with van der Waals surface area (Å²) in [6.07, 6.45) is -0.793. The Bertz CT molecular complexity index is 587. The van der Waals surface area contributed by atoms with Crippen molar-refractivity contribution >= 4 is 0 Å². The number of nitrogens with zero attached hydrogens (tertiary/aromatic N) is 4. The number of aliphatic hydroxyl groups excluding tert-OH is 1. The molecular weight excluding hydrogens is 274 g/mol. The summed E-state index contributed by atoms with van der Waals surface area (Å²) in [6.45, 7) is 0.914. The number of nitrogens with one attached hydrogen (secondary N) is 1. The van der Waals surface area contributed by atoms with E-state index in [1.54, 1.807) is 21.3 Å². The van der Waals surface area contributed by atoms with Crippen molar-refractivity contribution in [3.8, 4) is 11.5 Å². The summed E-state index contributed by atoms with van der Waals surface area (Å²) in [5.74, 6) is 1.66. The Morgan fingerprint density at radius 1 is 1.29 bits per heavy atom. The lowest BCUT2D eigenvalue weighted by atomic mass is 10.2. The minimum Gasteiger partial charge on any atom is -0.493 e.